The van der Waals surface area contributed by atoms with Crippen molar-refractivity contribution in [1.82, 2.24) is 4.90 Å². The van der Waals surface area contributed by atoms with E-state index in [1.54, 1.807) is 23.1 Å². The summed E-state index contributed by atoms with van der Waals surface area (Å²) in [6.45, 7) is 3.48. The molecule has 0 bridgehead atoms. The molecular formula is C16H23N3O4. The normalized spacial score (nSPS) is 16.9. The smallest absolute Gasteiger partial charge is 0.292 e. The summed E-state index contributed by atoms with van der Waals surface area (Å²) in [6.07, 6.45) is 2.48. The van der Waals surface area contributed by atoms with Crippen LogP contribution in [-0.4, -0.2) is 47.1 Å². The number of para-hydroxylation sites is 2. The minimum Gasteiger partial charge on any atom is -0.396 e. The fourth-order valence-corrected chi connectivity index (χ4v) is 2.92. The number of hydrogen-bond acceptors (Lipinski definition) is 5. The molecule has 0 spiro atoms. The number of aliphatic hydroxyl groups is 1. The minimum atomic E-state index is -0.468. The predicted octanol–water partition coefficient (Wildman–Crippen LogP) is 2.02. The Kier molecular flexibility index (Phi) is 5.54. The van der Waals surface area contributed by atoms with Crippen LogP contribution in [0.4, 0.5) is 11.4 Å². The van der Waals surface area contributed by atoms with E-state index in [0.29, 0.717) is 18.8 Å². The van der Waals surface area contributed by atoms with Gasteiger partial charge in [0, 0.05) is 25.8 Å². The summed E-state index contributed by atoms with van der Waals surface area (Å²) < 4.78 is 0. The van der Waals surface area contributed by atoms with Gasteiger partial charge in [0.05, 0.1) is 11.5 Å². The second kappa shape index (κ2) is 7.41. The Bertz CT molecular complexity index is 562. The molecule has 23 heavy (non-hydrogen) atoms. The van der Waals surface area contributed by atoms with Gasteiger partial charge in [0.15, 0.2) is 0 Å². The Morgan fingerprint density at radius 2 is 2.04 bits per heavy atom. The number of carbonyl (C=O) groups excluding carboxylic acids is 1. The highest BCUT2D eigenvalue weighted by Crippen LogP contribution is 2.34. The van der Waals surface area contributed by atoms with E-state index < -0.39 is 4.92 Å². The number of nitro groups is 1. The molecule has 1 aromatic rings. The molecule has 0 unspecified atom stereocenters. The van der Waals surface area contributed by atoms with Crippen molar-refractivity contribution in [2.75, 3.05) is 31.6 Å². The maximum absolute atomic E-state index is 12.3. The van der Waals surface area contributed by atoms with E-state index in [0.717, 1.165) is 19.3 Å². The van der Waals surface area contributed by atoms with Crippen LogP contribution in [0, 0.1) is 15.5 Å². The van der Waals surface area contributed by atoms with E-state index >= 15 is 0 Å². The monoisotopic (exact) mass is 321 g/mol. The van der Waals surface area contributed by atoms with E-state index in [1.165, 1.54) is 6.07 Å². The maximum atomic E-state index is 12.3. The molecule has 1 amide bonds. The van der Waals surface area contributed by atoms with Crippen LogP contribution >= 0.6 is 0 Å². The molecule has 1 aromatic carbocycles. The van der Waals surface area contributed by atoms with Crippen LogP contribution in [0.15, 0.2) is 24.3 Å². The number of aliphatic hydroxyl groups excluding tert-OH is 1. The molecule has 1 aliphatic heterocycles. The Morgan fingerprint density at radius 1 is 1.39 bits per heavy atom. The van der Waals surface area contributed by atoms with Crippen molar-refractivity contribution in [2.45, 2.75) is 26.2 Å². The van der Waals surface area contributed by atoms with Crippen LogP contribution in [0.5, 0.6) is 0 Å². The lowest BCUT2D eigenvalue weighted by atomic mass is 9.77. The van der Waals surface area contributed by atoms with E-state index in [1.807, 2.05) is 0 Å². The van der Waals surface area contributed by atoms with E-state index in [-0.39, 0.29) is 30.2 Å². The molecule has 0 saturated carbocycles. The van der Waals surface area contributed by atoms with Crippen LogP contribution in [0.1, 0.15) is 26.2 Å². The minimum absolute atomic E-state index is 0.0309. The molecule has 1 aliphatic rings. The molecule has 7 nitrogen and oxygen atoms in total. The first-order valence-corrected chi connectivity index (χ1v) is 7.87. The van der Waals surface area contributed by atoms with Gasteiger partial charge in [-0.25, -0.2) is 0 Å². The Hall–Kier alpha value is -2.15. The first-order chi connectivity index (χ1) is 11.0. The first kappa shape index (κ1) is 17.2. The number of carbonyl (C=O) groups is 1. The van der Waals surface area contributed by atoms with Crippen molar-refractivity contribution in [1.29, 1.82) is 0 Å². The summed E-state index contributed by atoms with van der Waals surface area (Å²) in [7, 11) is 0. The summed E-state index contributed by atoms with van der Waals surface area (Å²) in [4.78, 5) is 24.5. The van der Waals surface area contributed by atoms with Crippen molar-refractivity contribution in [3.63, 3.8) is 0 Å². The van der Waals surface area contributed by atoms with E-state index in [4.69, 9.17) is 0 Å². The highest BCUT2D eigenvalue weighted by molar-refractivity contribution is 5.82. The lowest BCUT2D eigenvalue weighted by molar-refractivity contribution is -0.383. The zero-order valence-corrected chi connectivity index (χ0v) is 13.3. The van der Waals surface area contributed by atoms with Crippen LogP contribution in [0.25, 0.3) is 0 Å². The number of benzene rings is 1. The van der Waals surface area contributed by atoms with Crippen molar-refractivity contribution < 1.29 is 14.8 Å². The Labute approximate surface area is 135 Å². The van der Waals surface area contributed by atoms with Crippen LogP contribution in [0.3, 0.4) is 0 Å². The lowest BCUT2D eigenvalue weighted by Gasteiger charge is -2.40. The number of likely N-dealkylation sites (tertiary alicyclic amines) is 1. The third-order valence-electron chi connectivity index (χ3n) is 4.79. The fourth-order valence-electron chi connectivity index (χ4n) is 2.92. The zero-order valence-electron chi connectivity index (χ0n) is 13.3. The van der Waals surface area contributed by atoms with Crippen molar-refractivity contribution in [3.05, 3.63) is 34.4 Å². The Morgan fingerprint density at radius 3 is 2.61 bits per heavy atom. The molecular weight excluding hydrogens is 298 g/mol. The maximum Gasteiger partial charge on any atom is 0.292 e. The fraction of sp³-hybridized carbons (Fsp3) is 0.562. The van der Waals surface area contributed by atoms with E-state index in [2.05, 4.69) is 12.2 Å². The molecule has 7 heteroatoms. The number of piperidine rings is 1. The largest absolute Gasteiger partial charge is 0.396 e. The molecule has 1 saturated heterocycles. The Balaban J connectivity index is 1.91. The highest BCUT2D eigenvalue weighted by atomic mass is 16.6. The average Bonchev–Trinajstić information content (AvgIpc) is 2.60. The number of amides is 1. The number of anilines is 1. The van der Waals surface area contributed by atoms with E-state index in [9.17, 15) is 20.0 Å². The third-order valence-corrected chi connectivity index (χ3v) is 4.79. The predicted molar refractivity (Wildman–Crippen MR) is 87.2 cm³/mol. The van der Waals surface area contributed by atoms with Gasteiger partial charge < -0.3 is 15.3 Å². The number of nitrogens with zero attached hydrogens (tertiary/aromatic N) is 2. The lowest BCUT2D eigenvalue weighted by Crippen LogP contribution is -2.46. The molecule has 126 valence electrons. The summed E-state index contributed by atoms with van der Waals surface area (Å²) >= 11 is 0. The van der Waals surface area contributed by atoms with Gasteiger partial charge in [-0.05, 0) is 30.7 Å². The first-order valence-electron chi connectivity index (χ1n) is 7.87. The molecule has 2 N–H and O–H groups in total. The number of hydrogen-bond donors (Lipinski definition) is 2. The van der Waals surface area contributed by atoms with Gasteiger partial charge in [-0.1, -0.05) is 19.1 Å². The topological polar surface area (TPSA) is 95.7 Å². The second-order valence-corrected chi connectivity index (χ2v) is 6.02. The SMILES string of the molecule is CCC1(CO)CCN(C(=O)CNc2ccccc2[N+](=O)[O-])CC1. The van der Waals surface area contributed by atoms with Gasteiger partial charge in [-0.15, -0.1) is 0 Å². The molecule has 1 heterocycles. The van der Waals surface area contributed by atoms with Crippen molar-refractivity contribution in [3.8, 4) is 0 Å². The van der Waals surface area contributed by atoms with Crippen molar-refractivity contribution in [2.24, 2.45) is 5.41 Å². The summed E-state index contributed by atoms with van der Waals surface area (Å²) in [6, 6.07) is 6.28. The molecule has 0 radical (unpaired) electrons. The van der Waals surface area contributed by atoms with Gasteiger partial charge in [-0.3, -0.25) is 14.9 Å². The third kappa shape index (κ3) is 3.98. The van der Waals surface area contributed by atoms with Crippen LogP contribution < -0.4 is 5.32 Å². The molecule has 0 atom stereocenters. The molecule has 1 fully saturated rings. The van der Waals surface area contributed by atoms with Gasteiger partial charge in [0.25, 0.3) is 5.69 Å². The summed E-state index contributed by atoms with van der Waals surface area (Å²) in [5.74, 6) is -0.0780. The van der Waals surface area contributed by atoms with Crippen LogP contribution in [0.2, 0.25) is 0 Å². The van der Waals surface area contributed by atoms with Gasteiger partial charge >= 0.3 is 0 Å². The molecule has 0 aliphatic carbocycles. The van der Waals surface area contributed by atoms with Gasteiger partial charge in [-0.2, -0.15) is 0 Å². The quantitative estimate of drug-likeness (QED) is 0.617. The zero-order chi connectivity index (χ0) is 16.9. The standard InChI is InChI=1S/C16H23N3O4/c1-2-16(12-20)7-9-18(10-8-16)15(21)11-17-13-5-3-4-6-14(13)19(22)23/h3-6,17,20H,2,7-12H2,1H3. The average molecular weight is 321 g/mol. The summed E-state index contributed by atoms with van der Waals surface area (Å²) in [5.41, 5.74) is 0.243. The molecule has 0 aromatic heterocycles. The number of rotatable bonds is 6. The second-order valence-electron chi connectivity index (χ2n) is 6.02. The number of nitrogens with one attached hydrogen (secondary N) is 1. The van der Waals surface area contributed by atoms with Crippen molar-refractivity contribution >= 4 is 17.3 Å². The van der Waals surface area contributed by atoms with Crippen LogP contribution in [-0.2, 0) is 4.79 Å². The van der Waals surface area contributed by atoms with Gasteiger partial charge in [0.1, 0.15) is 5.69 Å². The summed E-state index contributed by atoms with van der Waals surface area (Å²) in [5, 5.41) is 23.3. The number of nitro benzene ring substituents is 1. The highest BCUT2D eigenvalue weighted by Gasteiger charge is 2.33. The van der Waals surface area contributed by atoms with Gasteiger partial charge in [0.2, 0.25) is 5.91 Å². The molecule has 2 rings (SSSR count).